The Morgan fingerprint density at radius 1 is 1.35 bits per heavy atom. The minimum atomic E-state index is -0.832. The number of halogens is 2. The quantitative estimate of drug-likeness (QED) is 0.847. The Kier molecular flexibility index (Phi) is 4.14. The first-order chi connectivity index (χ1) is 9.45. The van der Waals surface area contributed by atoms with E-state index in [1.54, 1.807) is 6.92 Å². The number of nitrogens with zero attached hydrogens (tertiary/aromatic N) is 2. The van der Waals surface area contributed by atoms with Gasteiger partial charge in [-0.1, -0.05) is 23.7 Å². The number of carbonyl (C=O) groups is 1. The lowest BCUT2D eigenvalue weighted by Gasteiger charge is -2.16. The number of hydrogen-bond donors (Lipinski definition) is 2. The highest BCUT2D eigenvalue weighted by Crippen LogP contribution is 2.20. The molecule has 0 saturated carbocycles. The van der Waals surface area contributed by atoms with Gasteiger partial charge in [-0.3, -0.25) is 4.79 Å². The Morgan fingerprint density at radius 2 is 2.00 bits per heavy atom. The predicted molar refractivity (Wildman–Crippen MR) is 73.7 cm³/mol. The zero-order chi connectivity index (χ0) is 14.7. The fourth-order valence-electron chi connectivity index (χ4n) is 1.73. The summed E-state index contributed by atoms with van der Waals surface area (Å²) in [7, 11) is 0. The van der Waals surface area contributed by atoms with Gasteiger partial charge in [0.15, 0.2) is 0 Å². The third-order valence-electron chi connectivity index (χ3n) is 2.59. The standard InChI is InChI=1S/C13H12ClFN4O/c1-7-17-10(14)6-11(18-7)19-12(13(16)20)8-2-4-9(15)5-3-8/h2-6,12H,1H3,(H2,16,20)(H,17,18,19). The minimum absolute atomic E-state index is 0.252. The van der Waals surface area contributed by atoms with E-state index in [1.165, 1.54) is 30.3 Å². The molecule has 20 heavy (non-hydrogen) atoms. The molecule has 7 heteroatoms. The van der Waals surface area contributed by atoms with Crippen LogP contribution in [0.15, 0.2) is 30.3 Å². The highest BCUT2D eigenvalue weighted by molar-refractivity contribution is 6.29. The molecule has 0 bridgehead atoms. The molecule has 1 amide bonds. The summed E-state index contributed by atoms with van der Waals surface area (Å²) in [6, 6.07) is 6.12. The van der Waals surface area contributed by atoms with Crippen LogP contribution in [-0.2, 0) is 4.79 Å². The van der Waals surface area contributed by atoms with E-state index >= 15 is 0 Å². The molecule has 1 aromatic carbocycles. The van der Waals surface area contributed by atoms with E-state index in [9.17, 15) is 9.18 Å². The van der Waals surface area contributed by atoms with Crippen LogP contribution in [0.2, 0.25) is 5.15 Å². The maximum absolute atomic E-state index is 12.9. The van der Waals surface area contributed by atoms with Gasteiger partial charge in [0.2, 0.25) is 5.91 Å². The minimum Gasteiger partial charge on any atom is -0.368 e. The van der Waals surface area contributed by atoms with Gasteiger partial charge in [-0.25, -0.2) is 14.4 Å². The maximum Gasteiger partial charge on any atom is 0.244 e. The van der Waals surface area contributed by atoms with Crippen molar-refractivity contribution in [3.05, 3.63) is 52.7 Å². The van der Waals surface area contributed by atoms with E-state index in [4.69, 9.17) is 17.3 Å². The number of primary amides is 1. The van der Waals surface area contributed by atoms with Gasteiger partial charge < -0.3 is 11.1 Å². The Morgan fingerprint density at radius 3 is 2.55 bits per heavy atom. The first kappa shape index (κ1) is 14.2. The van der Waals surface area contributed by atoms with Crippen molar-refractivity contribution >= 4 is 23.3 Å². The molecule has 1 atom stereocenters. The summed E-state index contributed by atoms with van der Waals surface area (Å²) in [6.07, 6.45) is 0. The van der Waals surface area contributed by atoms with Crippen LogP contribution in [0.3, 0.4) is 0 Å². The Labute approximate surface area is 120 Å². The van der Waals surface area contributed by atoms with Crippen LogP contribution in [0.4, 0.5) is 10.2 Å². The second-order valence-electron chi connectivity index (χ2n) is 4.15. The molecule has 104 valence electrons. The van der Waals surface area contributed by atoms with E-state index < -0.39 is 17.8 Å². The Bertz CT molecular complexity index is 613. The first-order valence-electron chi connectivity index (χ1n) is 5.78. The number of nitrogens with one attached hydrogen (secondary N) is 1. The van der Waals surface area contributed by atoms with Gasteiger partial charge in [0, 0.05) is 6.07 Å². The molecule has 0 radical (unpaired) electrons. The van der Waals surface area contributed by atoms with E-state index in [-0.39, 0.29) is 5.15 Å². The second kappa shape index (κ2) is 5.83. The number of aryl methyl sites for hydroxylation is 1. The number of benzene rings is 1. The van der Waals surface area contributed by atoms with Gasteiger partial charge in [-0.15, -0.1) is 0 Å². The molecule has 0 fully saturated rings. The molecule has 3 N–H and O–H groups in total. The summed E-state index contributed by atoms with van der Waals surface area (Å²) in [4.78, 5) is 19.6. The second-order valence-corrected chi connectivity index (χ2v) is 4.54. The van der Waals surface area contributed by atoms with Crippen molar-refractivity contribution in [2.24, 2.45) is 5.73 Å². The lowest BCUT2D eigenvalue weighted by molar-refractivity contribution is -0.118. The zero-order valence-electron chi connectivity index (χ0n) is 10.6. The van der Waals surface area contributed by atoms with Crippen LogP contribution in [0.1, 0.15) is 17.4 Å². The maximum atomic E-state index is 12.9. The molecule has 5 nitrogen and oxygen atoms in total. The van der Waals surface area contributed by atoms with Gasteiger partial charge in [0.05, 0.1) is 0 Å². The smallest absolute Gasteiger partial charge is 0.244 e. The van der Waals surface area contributed by atoms with Crippen molar-refractivity contribution in [2.45, 2.75) is 13.0 Å². The summed E-state index contributed by atoms with van der Waals surface area (Å²) in [6.45, 7) is 1.67. The summed E-state index contributed by atoms with van der Waals surface area (Å²) in [5.41, 5.74) is 5.89. The van der Waals surface area contributed by atoms with E-state index in [1.807, 2.05) is 0 Å². The van der Waals surface area contributed by atoms with Crippen LogP contribution in [0.5, 0.6) is 0 Å². The molecule has 1 unspecified atom stereocenters. The Hall–Kier alpha value is -2.21. The van der Waals surface area contributed by atoms with Crippen LogP contribution in [0.25, 0.3) is 0 Å². The zero-order valence-corrected chi connectivity index (χ0v) is 11.4. The molecule has 0 aliphatic rings. The van der Waals surface area contributed by atoms with Gasteiger partial charge in [0.25, 0.3) is 0 Å². The highest BCUT2D eigenvalue weighted by atomic mass is 35.5. The third-order valence-corrected chi connectivity index (χ3v) is 2.78. The average molecular weight is 295 g/mol. The van der Waals surface area contributed by atoms with Crippen molar-refractivity contribution in [1.29, 1.82) is 0 Å². The normalized spacial score (nSPS) is 11.9. The van der Waals surface area contributed by atoms with Gasteiger partial charge in [-0.2, -0.15) is 0 Å². The largest absolute Gasteiger partial charge is 0.368 e. The molecular formula is C13H12ClFN4O. The number of anilines is 1. The van der Waals surface area contributed by atoms with E-state index in [2.05, 4.69) is 15.3 Å². The average Bonchev–Trinajstić information content (AvgIpc) is 2.36. The molecule has 0 spiro atoms. The van der Waals surface area contributed by atoms with Crippen LogP contribution < -0.4 is 11.1 Å². The lowest BCUT2D eigenvalue weighted by atomic mass is 10.1. The monoisotopic (exact) mass is 294 g/mol. The summed E-state index contributed by atoms with van der Waals surface area (Å²) >= 11 is 5.82. The molecule has 0 saturated heterocycles. The van der Waals surface area contributed by atoms with Gasteiger partial charge in [-0.05, 0) is 24.6 Å². The molecule has 2 rings (SSSR count). The molecule has 1 heterocycles. The number of amides is 1. The lowest BCUT2D eigenvalue weighted by Crippen LogP contribution is -2.28. The van der Waals surface area contributed by atoms with Crippen molar-refractivity contribution in [3.8, 4) is 0 Å². The third kappa shape index (κ3) is 3.42. The highest BCUT2D eigenvalue weighted by Gasteiger charge is 2.18. The van der Waals surface area contributed by atoms with Crippen LogP contribution in [0, 0.1) is 12.7 Å². The van der Waals surface area contributed by atoms with Gasteiger partial charge in [0.1, 0.15) is 28.7 Å². The number of aromatic nitrogens is 2. The molecule has 1 aromatic heterocycles. The molecular weight excluding hydrogens is 283 g/mol. The van der Waals surface area contributed by atoms with Crippen molar-refractivity contribution in [2.75, 3.05) is 5.32 Å². The van der Waals surface area contributed by atoms with Crippen molar-refractivity contribution in [1.82, 2.24) is 9.97 Å². The van der Waals surface area contributed by atoms with Gasteiger partial charge >= 0.3 is 0 Å². The summed E-state index contributed by atoms with van der Waals surface area (Å²) < 4.78 is 12.9. The van der Waals surface area contributed by atoms with Crippen LogP contribution in [-0.4, -0.2) is 15.9 Å². The number of nitrogens with two attached hydrogens (primary N) is 1. The number of carbonyl (C=O) groups excluding carboxylic acids is 1. The van der Waals surface area contributed by atoms with Crippen LogP contribution >= 0.6 is 11.6 Å². The number of hydrogen-bond acceptors (Lipinski definition) is 4. The molecule has 0 aliphatic carbocycles. The summed E-state index contributed by atoms with van der Waals surface area (Å²) in [5.74, 6) is -0.167. The summed E-state index contributed by atoms with van der Waals surface area (Å²) in [5, 5.41) is 3.12. The number of rotatable bonds is 4. The van der Waals surface area contributed by atoms with Crippen molar-refractivity contribution in [3.63, 3.8) is 0 Å². The fraction of sp³-hybridized carbons (Fsp3) is 0.154. The predicted octanol–water partition coefficient (Wildman–Crippen LogP) is 2.22. The Balaban J connectivity index is 2.30. The SMILES string of the molecule is Cc1nc(Cl)cc(NC(C(N)=O)c2ccc(F)cc2)n1. The van der Waals surface area contributed by atoms with Crippen molar-refractivity contribution < 1.29 is 9.18 Å². The first-order valence-corrected chi connectivity index (χ1v) is 6.16. The fourth-order valence-corrected chi connectivity index (χ4v) is 1.95. The van der Waals surface area contributed by atoms with E-state index in [0.29, 0.717) is 17.2 Å². The van der Waals surface area contributed by atoms with E-state index in [0.717, 1.165) is 0 Å². The molecule has 0 aliphatic heterocycles. The topological polar surface area (TPSA) is 80.9 Å². The molecule has 2 aromatic rings.